The van der Waals surface area contributed by atoms with E-state index in [0.29, 0.717) is 17.7 Å². The molecule has 1 aliphatic carbocycles. The molecule has 2 heterocycles. The minimum atomic E-state index is -0.309. The van der Waals surface area contributed by atoms with Crippen LogP contribution in [0, 0.1) is 0 Å². The molecule has 7 nitrogen and oxygen atoms in total. The molecule has 3 rings (SSSR count). The van der Waals surface area contributed by atoms with Crippen molar-refractivity contribution in [3.8, 4) is 0 Å². The van der Waals surface area contributed by atoms with E-state index in [1.54, 1.807) is 6.07 Å². The Morgan fingerprint density at radius 1 is 1.37 bits per heavy atom. The number of aromatic amines is 1. The summed E-state index contributed by atoms with van der Waals surface area (Å²) < 4.78 is 1.29. The molecule has 0 spiro atoms. The minimum absolute atomic E-state index is 0.309. The second kappa shape index (κ2) is 4.65. The van der Waals surface area contributed by atoms with Crippen LogP contribution in [0.25, 0.3) is 5.65 Å². The van der Waals surface area contributed by atoms with Gasteiger partial charge in [0, 0.05) is 19.1 Å². The summed E-state index contributed by atoms with van der Waals surface area (Å²) in [4.78, 5) is 13.6. The number of nitrogens with one attached hydrogen (secondary N) is 1. The predicted octanol–water partition coefficient (Wildman–Crippen LogP) is 0.124. The molecule has 102 valence electrons. The quantitative estimate of drug-likeness (QED) is 0.802. The highest BCUT2D eigenvalue weighted by Crippen LogP contribution is 2.24. The molecule has 7 heteroatoms. The van der Waals surface area contributed by atoms with E-state index in [-0.39, 0.29) is 5.69 Å². The Hall–Kier alpha value is -1.89. The molecule has 0 bridgehead atoms. The lowest BCUT2D eigenvalue weighted by molar-refractivity contribution is 0.383. The van der Waals surface area contributed by atoms with Crippen LogP contribution in [0.4, 0.5) is 5.82 Å². The Morgan fingerprint density at radius 2 is 2.11 bits per heavy atom. The van der Waals surface area contributed by atoms with E-state index in [1.807, 2.05) is 13.1 Å². The van der Waals surface area contributed by atoms with Crippen LogP contribution in [0.5, 0.6) is 0 Å². The first-order valence-electron chi connectivity index (χ1n) is 6.58. The maximum Gasteiger partial charge on any atom is 0.364 e. The first-order chi connectivity index (χ1) is 9.15. The summed E-state index contributed by atoms with van der Waals surface area (Å²) >= 11 is 0. The van der Waals surface area contributed by atoms with Gasteiger partial charge in [-0.05, 0) is 37.8 Å². The van der Waals surface area contributed by atoms with Crippen LogP contribution in [0.2, 0.25) is 0 Å². The molecule has 19 heavy (non-hydrogen) atoms. The van der Waals surface area contributed by atoms with Crippen LogP contribution >= 0.6 is 0 Å². The van der Waals surface area contributed by atoms with Crippen LogP contribution in [0.1, 0.15) is 25.7 Å². The van der Waals surface area contributed by atoms with Gasteiger partial charge in [0.25, 0.3) is 0 Å². The summed E-state index contributed by atoms with van der Waals surface area (Å²) in [6, 6.07) is 4.46. The molecule has 1 fully saturated rings. The van der Waals surface area contributed by atoms with Gasteiger partial charge < -0.3 is 10.6 Å². The number of anilines is 1. The molecule has 0 atom stereocenters. The van der Waals surface area contributed by atoms with E-state index in [4.69, 9.17) is 5.73 Å². The third kappa shape index (κ3) is 2.21. The first kappa shape index (κ1) is 12.2. The second-order valence-electron chi connectivity index (χ2n) is 5.17. The van der Waals surface area contributed by atoms with Gasteiger partial charge in [-0.3, -0.25) is 0 Å². The van der Waals surface area contributed by atoms with Crippen LogP contribution in [-0.2, 0) is 0 Å². The number of hydrogen-bond donors (Lipinski definition) is 2. The zero-order chi connectivity index (χ0) is 13.4. The third-order valence-corrected chi connectivity index (χ3v) is 3.91. The van der Waals surface area contributed by atoms with Crippen LogP contribution in [0.15, 0.2) is 16.9 Å². The highest BCUT2D eigenvalue weighted by Gasteiger charge is 2.23. The minimum Gasteiger partial charge on any atom is -0.355 e. The fourth-order valence-electron chi connectivity index (χ4n) is 2.66. The predicted molar refractivity (Wildman–Crippen MR) is 72.2 cm³/mol. The molecular formula is C12H18N6O. The van der Waals surface area contributed by atoms with E-state index in [1.165, 1.54) is 4.52 Å². The van der Waals surface area contributed by atoms with Gasteiger partial charge in [-0.25, -0.2) is 9.89 Å². The largest absolute Gasteiger partial charge is 0.364 e. The smallest absolute Gasteiger partial charge is 0.355 e. The van der Waals surface area contributed by atoms with Crippen LogP contribution in [0.3, 0.4) is 0 Å². The molecule has 1 aliphatic rings. The molecular weight excluding hydrogens is 244 g/mol. The van der Waals surface area contributed by atoms with Crippen molar-refractivity contribution >= 4 is 11.5 Å². The van der Waals surface area contributed by atoms with Gasteiger partial charge in [0.2, 0.25) is 0 Å². The van der Waals surface area contributed by atoms with Crippen molar-refractivity contribution in [2.24, 2.45) is 5.73 Å². The van der Waals surface area contributed by atoms with Gasteiger partial charge in [0.15, 0.2) is 5.65 Å². The first-order valence-corrected chi connectivity index (χ1v) is 6.58. The van der Waals surface area contributed by atoms with Crippen molar-refractivity contribution in [2.45, 2.75) is 37.8 Å². The number of fused-ring (bicyclic) bond motifs is 1. The van der Waals surface area contributed by atoms with Crippen molar-refractivity contribution < 1.29 is 0 Å². The van der Waals surface area contributed by atoms with Crippen LogP contribution < -0.4 is 16.3 Å². The second-order valence-corrected chi connectivity index (χ2v) is 5.17. The zero-order valence-corrected chi connectivity index (χ0v) is 10.9. The number of rotatable bonds is 2. The molecule has 0 amide bonds. The Balaban J connectivity index is 1.86. The fraction of sp³-hybridized carbons (Fsp3) is 0.583. The normalized spacial score (nSPS) is 23.7. The summed E-state index contributed by atoms with van der Waals surface area (Å²) in [7, 11) is 2.01. The Bertz CT molecular complexity index is 624. The van der Waals surface area contributed by atoms with Gasteiger partial charge in [-0.15, -0.1) is 5.10 Å². The molecule has 1 saturated carbocycles. The van der Waals surface area contributed by atoms with Crippen molar-refractivity contribution in [2.75, 3.05) is 11.9 Å². The summed E-state index contributed by atoms with van der Waals surface area (Å²) in [6.45, 7) is 0. The number of H-pyrrole nitrogens is 1. The maximum atomic E-state index is 11.5. The number of hydrogen-bond acceptors (Lipinski definition) is 5. The third-order valence-electron chi connectivity index (χ3n) is 3.91. The molecule has 0 saturated heterocycles. The molecule has 0 radical (unpaired) electrons. The lowest BCUT2D eigenvalue weighted by Gasteiger charge is -2.34. The van der Waals surface area contributed by atoms with Gasteiger partial charge in [0.05, 0.1) is 0 Å². The zero-order valence-electron chi connectivity index (χ0n) is 10.9. The Kier molecular flexibility index (Phi) is 2.98. The monoisotopic (exact) mass is 262 g/mol. The van der Waals surface area contributed by atoms with Gasteiger partial charge >= 0.3 is 5.69 Å². The van der Waals surface area contributed by atoms with E-state index >= 15 is 0 Å². The number of aromatic nitrogens is 4. The van der Waals surface area contributed by atoms with E-state index in [2.05, 4.69) is 20.2 Å². The summed E-state index contributed by atoms with van der Waals surface area (Å²) in [5, 5.41) is 10.6. The molecule has 2 aromatic heterocycles. The molecule has 3 N–H and O–H groups in total. The number of nitrogens with zero attached hydrogens (tertiary/aromatic N) is 4. The SMILES string of the molecule is CN(c1ccc2n[nH]c(=O)n2n1)C1CCC(N)CC1. The highest BCUT2D eigenvalue weighted by atomic mass is 16.2. The summed E-state index contributed by atoms with van der Waals surface area (Å²) in [5.74, 6) is 0.788. The Morgan fingerprint density at radius 3 is 2.84 bits per heavy atom. The average molecular weight is 262 g/mol. The van der Waals surface area contributed by atoms with Crippen molar-refractivity contribution in [3.05, 3.63) is 22.6 Å². The average Bonchev–Trinajstić information content (AvgIpc) is 2.80. The maximum absolute atomic E-state index is 11.5. The van der Waals surface area contributed by atoms with Crippen molar-refractivity contribution in [3.63, 3.8) is 0 Å². The van der Waals surface area contributed by atoms with Gasteiger partial charge in [-0.1, -0.05) is 0 Å². The van der Waals surface area contributed by atoms with Crippen molar-refractivity contribution in [1.29, 1.82) is 0 Å². The lowest BCUT2D eigenvalue weighted by atomic mass is 9.91. The molecule has 0 unspecified atom stereocenters. The summed E-state index contributed by atoms with van der Waals surface area (Å²) in [5.41, 5.74) is 6.15. The fourth-order valence-corrected chi connectivity index (χ4v) is 2.66. The molecule has 2 aromatic rings. The van der Waals surface area contributed by atoms with E-state index < -0.39 is 0 Å². The molecule has 0 aliphatic heterocycles. The topological polar surface area (TPSA) is 92.3 Å². The number of nitrogens with two attached hydrogens (primary N) is 1. The standard InChI is InChI=1S/C12H18N6O/c1-17(9-4-2-8(13)3-5-9)11-7-6-10-14-15-12(19)18(10)16-11/h6-9H,2-5,13H2,1H3,(H,15,19). The molecule has 0 aromatic carbocycles. The highest BCUT2D eigenvalue weighted by molar-refractivity contribution is 5.45. The Labute approximate surface area is 110 Å². The van der Waals surface area contributed by atoms with Gasteiger partial charge in [-0.2, -0.15) is 9.61 Å². The lowest BCUT2D eigenvalue weighted by Crippen LogP contribution is -2.39. The summed E-state index contributed by atoms with van der Waals surface area (Å²) in [6.07, 6.45) is 4.22. The van der Waals surface area contributed by atoms with E-state index in [9.17, 15) is 4.79 Å². The van der Waals surface area contributed by atoms with Crippen LogP contribution in [-0.4, -0.2) is 38.9 Å². The van der Waals surface area contributed by atoms with E-state index in [0.717, 1.165) is 31.5 Å². The van der Waals surface area contributed by atoms with Gasteiger partial charge in [0.1, 0.15) is 5.82 Å². The van der Waals surface area contributed by atoms with Crippen molar-refractivity contribution in [1.82, 2.24) is 19.8 Å².